The van der Waals surface area contributed by atoms with Gasteiger partial charge in [0, 0.05) is 6.04 Å². The molecule has 4 nitrogen and oxygen atoms in total. The Balaban J connectivity index is 3.18. The summed E-state index contributed by atoms with van der Waals surface area (Å²) in [6.45, 7) is 3.30. The van der Waals surface area contributed by atoms with E-state index >= 15 is 0 Å². The highest BCUT2D eigenvalue weighted by molar-refractivity contribution is 7.89. The summed E-state index contributed by atoms with van der Waals surface area (Å²) in [6, 6.07) is 7.52. The Morgan fingerprint density at radius 2 is 1.73 bits per heavy atom. The number of nitrogens with zero attached hydrogens (tertiary/aromatic N) is 1. The molecule has 0 N–H and O–H groups in total. The van der Waals surface area contributed by atoms with Gasteiger partial charge in [0.25, 0.3) is 10.0 Å². The second kappa shape index (κ2) is 4.44. The normalized spacial score (nSPS) is 11.4. The van der Waals surface area contributed by atoms with E-state index in [0.717, 1.165) is 4.31 Å². The van der Waals surface area contributed by atoms with Crippen molar-refractivity contribution >= 4 is 16.4 Å². The Hall–Kier alpha value is -1.36. The third-order valence-corrected chi connectivity index (χ3v) is 3.86. The topological polar surface area (TPSA) is 54.5 Å². The van der Waals surface area contributed by atoms with Crippen LogP contribution in [0.3, 0.4) is 0 Å². The molecule has 5 heteroatoms. The zero-order valence-electron chi connectivity index (χ0n) is 8.62. The second-order valence-corrected chi connectivity index (χ2v) is 5.19. The molecule has 0 atom stereocenters. The van der Waals surface area contributed by atoms with Gasteiger partial charge in [0.1, 0.15) is 0 Å². The van der Waals surface area contributed by atoms with Crippen molar-refractivity contribution in [1.82, 2.24) is 4.31 Å². The Kier molecular flexibility index (Phi) is 3.47. The number of rotatable bonds is 4. The van der Waals surface area contributed by atoms with E-state index in [2.05, 4.69) is 0 Å². The molecule has 0 unspecified atom stereocenters. The lowest BCUT2D eigenvalue weighted by Crippen LogP contribution is -2.35. The van der Waals surface area contributed by atoms with Gasteiger partial charge in [0.15, 0.2) is 0 Å². The Bertz CT molecular complexity index is 425. The first-order chi connectivity index (χ1) is 7.00. The standard InChI is InChI=1S/C10H13NO3S/c1-9(2)11(8-12)15(13,14)10-6-4-3-5-7-10/h3-9H,1-2H3. The van der Waals surface area contributed by atoms with E-state index in [1.807, 2.05) is 0 Å². The molecule has 1 aromatic rings. The number of carbonyl (C=O) groups excluding carboxylic acids is 1. The summed E-state index contributed by atoms with van der Waals surface area (Å²) in [6.07, 6.45) is 0.340. The lowest BCUT2D eigenvalue weighted by molar-refractivity contribution is -0.115. The smallest absolute Gasteiger partial charge is 0.266 e. The molecule has 1 aromatic carbocycles. The molecule has 0 aliphatic heterocycles. The van der Waals surface area contributed by atoms with Gasteiger partial charge in [-0.05, 0) is 26.0 Å². The second-order valence-electron chi connectivity index (χ2n) is 3.35. The van der Waals surface area contributed by atoms with E-state index < -0.39 is 10.0 Å². The highest BCUT2D eigenvalue weighted by Gasteiger charge is 2.24. The molecule has 0 aliphatic rings. The number of benzene rings is 1. The number of sulfonamides is 1. The van der Waals surface area contributed by atoms with Crippen LogP contribution in [0.25, 0.3) is 0 Å². The molecule has 0 radical (unpaired) electrons. The first-order valence-electron chi connectivity index (χ1n) is 4.54. The molecule has 0 saturated heterocycles. The minimum absolute atomic E-state index is 0.130. The van der Waals surface area contributed by atoms with E-state index in [-0.39, 0.29) is 10.9 Å². The summed E-state index contributed by atoms with van der Waals surface area (Å²) in [7, 11) is -3.69. The van der Waals surface area contributed by atoms with Crippen LogP contribution >= 0.6 is 0 Å². The molecule has 0 fully saturated rings. The van der Waals surface area contributed by atoms with Gasteiger partial charge in [0.2, 0.25) is 6.41 Å². The molecule has 0 bridgehead atoms. The fraction of sp³-hybridized carbons (Fsp3) is 0.300. The summed E-state index contributed by atoms with van der Waals surface area (Å²) in [5.74, 6) is 0. The first-order valence-corrected chi connectivity index (χ1v) is 5.98. The van der Waals surface area contributed by atoms with Crippen molar-refractivity contribution < 1.29 is 13.2 Å². The molecular weight excluding hydrogens is 214 g/mol. The van der Waals surface area contributed by atoms with E-state index in [1.165, 1.54) is 12.1 Å². The van der Waals surface area contributed by atoms with E-state index in [9.17, 15) is 13.2 Å². The summed E-state index contributed by atoms with van der Waals surface area (Å²) in [5, 5.41) is 0. The SMILES string of the molecule is CC(C)N(C=O)S(=O)(=O)c1ccccc1. The van der Waals surface area contributed by atoms with Gasteiger partial charge < -0.3 is 0 Å². The largest absolute Gasteiger partial charge is 0.278 e. The minimum atomic E-state index is -3.69. The number of carbonyl (C=O) groups is 1. The van der Waals surface area contributed by atoms with Crippen molar-refractivity contribution in [1.29, 1.82) is 0 Å². The molecule has 0 heterocycles. The molecule has 0 aliphatic carbocycles. The Labute approximate surface area is 89.6 Å². The van der Waals surface area contributed by atoms with Crippen molar-refractivity contribution in [2.75, 3.05) is 0 Å². The van der Waals surface area contributed by atoms with Crippen LogP contribution in [0, 0.1) is 0 Å². The van der Waals surface area contributed by atoms with Gasteiger partial charge in [0.05, 0.1) is 4.90 Å². The van der Waals surface area contributed by atoms with Gasteiger partial charge >= 0.3 is 0 Å². The molecule has 1 amide bonds. The van der Waals surface area contributed by atoms with Gasteiger partial charge in [-0.1, -0.05) is 18.2 Å². The zero-order chi connectivity index (χ0) is 11.5. The van der Waals surface area contributed by atoms with Crippen LogP contribution in [0.4, 0.5) is 0 Å². The monoisotopic (exact) mass is 227 g/mol. The van der Waals surface area contributed by atoms with Gasteiger partial charge in [-0.3, -0.25) is 4.79 Å². The van der Waals surface area contributed by atoms with Crippen molar-refractivity contribution in [2.45, 2.75) is 24.8 Å². The average molecular weight is 227 g/mol. The number of hydrogen-bond donors (Lipinski definition) is 0. The minimum Gasteiger partial charge on any atom is -0.278 e. The molecule has 1 rings (SSSR count). The predicted octanol–water partition coefficient (Wildman–Crippen LogP) is 1.24. The maximum Gasteiger partial charge on any atom is 0.266 e. The lowest BCUT2D eigenvalue weighted by Gasteiger charge is -2.21. The fourth-order valence-electron chi connectivity index (χ4n) is 1.17. The summed E-state index contributed by atoms with van der Waals surface area (Å²) < 4.78 is 24.6. The Morgan fingerprint density at radius 1 is 1.20 bits per heavy atom. The number of amides is 1. The van der Waals surface area contributed by atoms with Crippen LogP contribution in [-0.4, -0.2) is 25.2 Å². The highest BCUT2D eigenvalue weighted by atomic mass is 32.2. The van der Waals surface area contributed by atoms with Crippen molar-refractivity contribution in [3.05, 3.63) is 30.3 Å². The van der Waals surface area contributed by atoms with Crippen molar-refractivity contribution in [2.24, 2.45) is 0 Å². The van der Waals surface area contributed by atoms with Crippen LogP contribution in [-0.2, 0) is 14.8 Å². The average Bonchev–Trinajstić information content (AvgIpc) is 2.19. The lowest BCUT2D eigenvalue weighted by atomic mass is 10.4. The number of hydrogen-bond acceptors (Lipinski definition) is 3. The summed E-state index contributed by atoms with van der Waals surface area (Å²) >= 11 is 0. The quantitative estimate of drug-likeness (QED) is 0.727. The highest BCUT2D eigenvalue weighted by Crippen LogP contribution is 2.15. The van der Waals surface area contributed by atoms with Crippen LogP contribution in [0.2, 0.25) is 0 Å². The van der Waals surface area contributed by atoms with Crippen molar-refractivity contribution in [3.63, 3.8) is 0 Å². The molecular formula is C10H13NO3S. The summed E-state index contributed by atoms with van der Waals surface area (Å²) in [5.41, 5.74) is 0. The third-order valence-electron chi connectivity index (χ3n) is 1.93. The van der Waals surface area contributed by atoms with E-state index in [4.69, 9.17) is 0 Å². The fourth-order valence-corrected chi connectivity index (χ4v) is 2.58. The van der Waals surface area contributed by atoms with Gasteiger partial charge in [-0.2, -0.15) is 0 Å². The molecule has 0 aromatic heterocycles. The molecule has 15 heavy (non-hydrogen) atoms. The molecule has 82 valence electrons. The third kappa shape index (κ3) is 2.36. The van der Waals surface area contributed by atoms with Crippen LogP contribution in [0.1, 0.15) is 13.8 Å². The first kappa shape index (κ1) is 11.7. The van der Waals surface area contributed by atoms with Crippen LogP contribution in [0.5, 0.6) is 0 Å². The maximum absolute atomic E-state index is 11.9. The predicted molar refractivity (Wildman–Crippen MR) is 56.7 cm³/mol. The van der Waals surface area contributed by atoms with E-state index in [0.29, 0.717) is 6.41 Å². The van der Waals surface area contributed by atoms with Gasteiger partial charge in [-0.25, -0.2) is 12.7 Å². The zero-order valence-corrected chi connectivity index (χ0v) is 9.44. The molecule has 0 spiro atoms. The van der Waals surface area contributed by atoms with E-state index in [1.54, 1.807) is 32.0 Å². The molecule has 0 saturated carbocycles. The van der Waals surface area contributed by atoms with Crippen LogP contribution < -0.4 is 0 Å². The Morgan fingerprint density at radius 3 is 2.13 bits per heavy atom. The maximum atomic E-state index is 11.9. The van der Waals surface area contributed by atoms with Gasteiger partial charge in [-0.15, -0.1) is 0 Å². The summed E-state index contributed by atoms with van der Waals surface area (Å²) in [4.78, 5) is 10.8. The van der Waals surface area contributed by atoms with Crippen molar-refractivity contribution in [3.8, 4) is 0 Å². The van der Waals surface area contributed by atoms with Crippen LogP contribution in [0.15, 0.2) is 35.2 Å².